The average molecular weight is 416 g/mol. The van der Waals surface area contributed by atoms with Crippen molar-refractivity contribution in [1.82, 2.24) is 4.72 Å². The SMILES string of the molecule is Cc1ccc(C)c(OCCOC(=O)CCCN=C2NS(=O)(=O)c3ccccc32)c1. The van der Waals surface area contributed by atoms with Crippen LogP contribution < -0.4 is 9.46 Å². The summed E-state index contributed by atoms with van der Waals surface area (Å²) in [5.41, 5.74) is 2.69. The summed E-state index contributed by atoms with van der Waals surface area (Å²) in [5.74, 6) is 0.772. The maximum absolute atomic E-state index is 12.0. The zero-order valence-corrected chi connectivity index (χ0v) is 17.3. The van der Waals surface area contributed by atoms with Gasteiger partial charge in [0.15, 0.2) is 0 Å². The Labute approximate surface area is 170 Å². The minimum Gasteiger partial charge on any atom is -0.490 e. The number of nitrogens with zero attached hydrogens (tertiary/aromatic N) is 1. The van der Waals surface area contributed by atoms with E-state index in [1.54, 1.807) is 18.2 Å². The molecule has 1 aliphatic rings. The summed E-state index contributed by atoms with van der Waals surface area (Å²) in [5, 5.41) is 0. The second-order valence-corrected chi connectivity index (χ2v) is 8.42. The minimum absolute atomic E-state index is 0.175. The largest absolute Gasteiger partial charge is 0.490 e. The molecular weight excluding hydrogens is 392 g/mol. The van der Waals surface area contributed by atoms with Crippen molar-refractivity contribution in [3.63, 3.8) is 0 Å². The molecule has 0 atom stereocenters. The Morgan fingerprint density at radius 3 is 2.72 bits per heavy atom. The smallest absolute Gasteiger partial charge is 0.305 e. The summed E-state index contributed by atoms with van der Waals surface area (Å²) in [6.45, 7) is 4.74. The molecule has 0 bridgehead atoms. The Morgan fingerprint density at radius 1 is 1.10 bits per heavy atom. The number of carbonyl (C=O) groups excluding carboxylic acids is 1. The Kier molecular flexibility index (Phi) is 6.53. The van der Waals surface area contributed by atoms with Gasteiger partial charge in [-0.05, 0) is 49.6 Å². The van der Waals surface area contributed by atoms with Gasteiger partial charge in [-0.1, -0.05) is 24.3 Å². The maximum Gasteiger partial charge on any atom is 0.305 e. The van der Waals surface area contributed by atoms with Gasteiger partial charge in [0.05, 0.1) is 4.90 Å². The van der Waals surface area contributed by atoms with Crippen molar-refractivity contribution in [1.29, 1.82) is 0 Å². The predicted octanol–water partition coefficient (Wildman–Crippen LogP) is 2.74. The number of rotatable bonds is 8. The summed E-state index contributed by atoms with van der Waals surface area (Å²) in [7, 11) is -3.54. The highest BCUT2D eigenvalue weighted by atomic mass is 32.2. The third-order valence-electron chi connectivity index (χ3n) is 4.42. The lowest BCUT2D eigenvalue weighted by atomic mass is 10.1. The van der Waals surface area contributed by atoms with Crippen LogP contribution in [0.1, 0.15) is 29.5 Å². The lowest BCUT2D eigenvalue weighted by molar-refractivity contribution is -0.144. The van der Waals surface area contributed by atoms with Gasteiger partial charge in [-0.15, -0.1) is 0 Å². The fraction of sp³-hybridized carbons (Fsp3) is 0.333. The number of ether oxygens (including phenoxy) is 2. The molecule has 2 aromatic rings. The summed E-state index contributed by atoms with van der Waals surface area (Å²) in [4.78, 5) is 16.3. The fourth-order valence-electron chi connectivity index (χ4n) is 2.91. The average Bonchev–Trinajstić information content (AvgIpc) is 2.96. The van der Waals surface area contributed by atoms with Gasteiger partial charge in [0.2, 0.25) is 0 Å². The van der Waals surface area contributed by atoms with Crippen LogP contribution in [0.15, 0.2) is 52.4 Å². The van der Waals surface area contributed by atoms with E-state index in [9.17, 15) is 13.2 Å². The van der Waals surface area contributed by atoms with Gasteiger partial charge in [-0.25, -0.2) is 8.42 Å². The highest BCUT2D eigenvalue weighted by Crippen LogP contribution is 2.22. The third-order valence-corrected chi connectivity index (χ3v) is 5.82. The highest BCUT2D eigenvalue weighted by molar-refractivity contribution is 7.90. The van der Waals surface area contributed by atoms with Crippen LogP contribution in [0, 0.1) is 13.8 Å². The Bertz CT molecular complexity index is 1030. The summed E-state index contributed by atoms with van der Waals surface area (Å²) < 4.78 is 37.3. The van der Waals surface area contributed by atoms with Gasteiger partial charge in [0.25, 0.3) is 10.0 Å². The lowest BCUT2D eigenvalue weighted by Crippen LogP contribution is -2.22. The molecule has 0 aliphatic carbocycles. The van der Waals surface area contributed by atoms with Crippen LogP contribution in [0.25, 0.3) is 0 Å². The molecule has 0 unspecified atom stereocenters. The summed E-state index contributed by atoms with van der Waals surface area (Å²) >= 11 is 0. The number of fused-ring (bicyclic) bond motifs is 1. The zero-order chi connectivity index (χ0) is 20.9. The first-order chi connectivity index (χ1) is 13.9. The molecule has 1 heterocycles. The van der Waals surface area contributed by atoms with E-state index in [4.69, 9.17) is 9.47 Å². The first-order valence-corrected chi connectivity index (χ1v) is 10.9. The molecule has 0 aromatic heterocycles. The molecule has 1 aliphatic heterocycles. The quantitative estimate of drug-likeness (QED) is 0.527. The minimum atomic E-state index is -3.54. The van der Waals surface area contributed by atoms with Gasteiger partial charge in [-0.3, -0.25) is 14.5 Å². The maximum atomic E-state index is 12.0. The molecule has 154 valence electrons. The number of amidine groups is 1. The number of aliphatic imine (C=N–C) groups is 1. The molecule has 29 heavy (non-hydrogen) atoms. The molecule has 0 amide bonds. The van der Waals surface area contributed by atoms with Gasteiger partial charge in [0, 0.05) is 18.5 Å². The number of aryl methyl sites for hydroxylation is 2. The van der Waals surface area contributed by atoms with Crippen LogP contribution in [0.5, 0.6) is 5.75 Å². The van der Waals surface area contributed by atoms with Crippen LogP contribution in [-0.4, -0.2) is 40.0 Å². The van der Waals surface area contributed by atoms with Gasteiger partial charge >= 0.3 is 5.97 Å². The first kappa shape index (κ1) is 20.9. The van der Waals surface area contributed by atoms with Crippen LogP contribution in [0.3, 0.4) is 0 Å². The number of carbonyl (C=O) groups is 1. The Balaban J connectivity index is 1.39. The molecular formula is C21H24N2O5S. The molecule has 0 fully saturated rings. The van der Waals surface area contributed by atoms with E-state index in [1.165, 1.54) is 6.07 Å². The molecule has 0 spiro atoms. The molecule has 0 radical (unpaired) electrons. The van der Waals surface area contributed by atoms with E-state index in [0.717, 1.165) is 16.9 Å². The topological polar surface area (TPSA) is 94.1 Å². The number of sulfonamides is 1. The van der Waals surface area contributed by atoms with Crippen molar-refractivity contribution in [2.24, 2.45) is 4.99 Å². The van der Waals surface area contributed by atoms with E-state index < -0.39 is 10.0 Å². The van der Waals surface area contributed by atoms with E-state index in [2.05, 4.69) is 9.71 Å². The summed E-state index contributed by atoms with van der Waals surface area (Å²) in [6.07, 6.45) is 0.665. The summed E-state index contributed by atoms with van der Waals surface area (Å²) in [6, 6.07) is 12.6. The van der Waals surface area contributed by atoms with Gasteiger partial charge < -0.3 is 9.47 Å². The van der Waals surface area contributed by atoms with E-state index in [1.807, 2.05) is 32.0 Å². The molecule has 7 nitrogen and oxygen atoms in total. The lowest BCUT2D eigenvalue weighted by Gasteiger charge is -2.10. The first-order valence-electron chi connectivity index (χ1n) is 9.39. The van der Waals surface area contributed by atoms with E-state index >= 15 is 0 Å². The number of esters is 1. The monoisotopic (exact) mass is 416 g/mol. The van der Waals surface area contributed by atoms with Crippen LogP contribution in [-0.2, 0) is 19.6 Å². The number of hydrogen-bond donors (Lipinski definition) is 1. The van der Waals surface area contributed by atoms with Crippen molar-refractivity contribution in [3.8, 4) is 5.75 Å². The second kappa shape index (κ2) is 9.09. The molecule has 0 saturated carbocycles. The number of nitrogens with one attached hydrogen (secondary N) is 1. The fourth-order valence-corrected chi connectivity index (χ4v) is 4.16. The highest BCUT2D eigenvalue weighted by Gasteiger charge is 2.29. The van der Waals surface area contributed by atoms with Crippen molar-refractivity contribution in [3.05, 3.63) is 59.2 Å². The number of benzene rings is 2. The number of hydrogen-bond acceptors (Lipinski definition) is 6. The second-order valence-electron chi connectivity index (χ2n) is 6.77. The van der Waals surface area contributed by atoms with Crippen molar-refractivity contribution < 1.29 is 22.7 Å². The van der Waals surface area contributed by atoms with Crippen molar-refractivity contribution >= 4 is 21.8 Å². The molecule has 3 rings (SSSR count). The van der Waals surface area contributed by atoms with Crippen molar-refractivity contribution in [2.75, 3.05) is 19.8 Å². The normalized spacial score (nSPS) is 15.6. The van der Waals surface area contributed by atoms with Crippen LogP contribution >= 0.6 is 0 Å². The molecule has 8 heteroatoms. The van der Waals surface area contributed by atoms with Gasteiger partial charge in [0.1, 0.15) is 24.8 Å². The standard InChI is InChI=1S/C21H24N2O5S/c1-15-9-10-16(2)18(14-15)27-12-13-28-20(24)8-5-11-22-21-17-6-3-4-7-19(17)29(25,26)23-21/h3-4,6-7,9-10,14H,5,8,11-13H2,1-2H3,(H,22,23). The third kappa shape index (κ3) is 5.35. The Morgan fingerprint density at radius 2 is 1.90 bits per heavy atom. The van der Waals surface area contributed by atoms with Gasteiger partial charge in [-0.2, -0.15) is 0 Å². The van der Waals surface area contributed by atoms with Crippen LogP contribution in [0.4, 0.5) is 0 Å². The van der Waals surface area contributed by atoms with E-state index in [-0.39, 0.29) is 30.5 Å². The molecule has 0 saturated heterocycles. The Hall–Kier alpha value is -2.87. The predicted molar refractivity (Wildman–Crippen MR) is 110 cm³/mol. The van der Waals surface area contributed by atoms with Crippen LogP contribution in [0.2, 0.25) is 0 Å². The van der Waals surface area contributed by atoms with Crippen molar-refractivity contribution in [2.45, 2.75) is 31.6 Å². The molecule has 2 aromatic carbocycles. The van der Waals surface area contributed by atoms with E-state index in [0.29, 0.717) is 24.4 Å². The molecule has 1 N–H and O–H groups in total. The zero-order valence-electron chi connectivity index (χ0n) is 16.5.